The van der Waals surface area contributed by atoms with E-state index < -0.39 is 30.5 Å². The number of hydrogen-bond acceptors (Lipinski definition) is 4. The van der Waals surface area contributed by atoms with Crippen LogP contribution in [0, 0.1) is 5.82 Å². The SMILES string of the molecule is CC1CC(C(=O)Nc2ccc(F)cc2OCC(F)(F)F)NN1. The van der Waals surface area contributed by atoms with Gasteiger partial charge in [0.05, 0.1) is 5.69 Å². The van der Waals surface area contributed by atoms with Gasteiger partial charge in [0.25, 0.3) is 0 Å². The summed E-state index contributed by atoms with van der Waals surface area (Å²) in [5.74, 6) is -1.57. The van der Waals surface area contributed by atoms with Crippen molar-refractivity contribution in [1.29, 1.82) is 0 Å². The van der Waals surface area contributed by atoms with Crippen LogP contribution in [0.2, 0.25) is 0 Å². The van der Waals surface area contributed by atoms with Gasteiger partial charge >= 0.3 is 6.18 Å². The Bertz CT molecular complexity index is 551. The lowest BCUT2D eigenvalue weighted by atomic mass is 10.1. The highest BCUT2D eigenvalue weighted by molar-refractivity contribution is 5.96. The molecular formula is C13H15F4N3O2. The fourth-order valence-corrected chi connectivity index (χ4v) is 1.99. The lowest BCUT2D eigenvalue weighted by Crippen LogP contribution is -2.40. The Morgan fingerprint density at radius 1 is 1.41 bits per heavy atom. The van der Waals surface area contributed by atoms with Gasteiger partial charge in [0, 0.05) is 12.1 Å². The molecule has 1 fully saturated rings. The highest BCUT2D eigenvalue weighted by atomic mass is 19.4. The number of nitrogens with one attached hydrogen (secondary N) is 3. The molecule has 22 heavy (non-hydrogen) atoms. The maximum absolute atomic E-state index is 13.2. The number of alkyl halides is 3. The van der Waals surface area contributed by atoms with E-state index in [0.29, 0.717) is 6.42 Å². The van der Waals surface area contributed by atoms with Crippen LogP contribution < -0.4 is 20.9 Å². The largest absolute Gasteiger partial charge is 0.482 e. The van der Waals surface area contributed by atoms with Crippen molar-refractivity contribution in [3.05, 3.63) is 24.0 Å². The van der Waals surface area contributed by atoms with Crippen molar-refractivity contribution in [2.45, 2.75) is 31.6 Å². The molecule has 0 bridgehead atoms. The lowest BCUT2D eigenvalue weighted by Gasteiger charge is -2.15. The van der Waals surface area contributed by atoms with E-state index in [0.717, 1.165) is 18.2 Å². The molecule has 1 aliphatic rings. The van der Waals surface area contributed by atoms with Crippen molar-refractivity contribution in [1.82, 2.24) is 10.9 Å². The lowest BCUT2D eigenvalue weighted by molar-refractivity contribution is -0.153. The molecule has 1 aromatic rings. The quantitative estimate of drug-likeness (QED) is 0.742. The molecule has 0 radical (unpaired) electrons. The van der Waals surface area contributed by atoms with Gasteiger partial charge in [0.2, 0.25) is 5.91 Å². The molecule has 3 N–H and O–H groups in total. The van der Waals surface area contributed by atoms with E-state index >= 15 is 0 Å². The molecule has 5 nitrogen and oxygen atoms in total. The molecule has 1 heterocycles. The molecule has 122 valence electrons. The number of ether oxygens (including phenoxy) is 1. The maximum Gasteiger partial charge on any atom is 0.422 e. The standard InChI is InChI=1S/C13H15F4N3O2/c1-7-4-10(20-19-7)12(21)18-9-3-2-8(14)5-11(9)22-6-13(15,16)17/h2-3,5,7,10,19-20H,4,6H2,1H3,(H,18,21). The van der Waals surface area contributed by atoms with Crippen LogP contribution in [0.5, 0.6) is 5.75 Å². The van der Waals surface area contributed by atoms with Crippen molar-refractivity contribution in [2.75, 3.05) is 11.9 Å². The van der Waals surface area contributed by atoms with Crippen molar-refractivity contribution >= 4 is 11.6 Å². The van der Waals surface area contributed by atoms with Crippen LogP contribution in [0.3, 0.4) is 0 Å². The first-order chi connectivity index (χ1) is 10.2. The molecule has 1 saturated heterocycles. The van der Waals surface area contributed by atoms with Crippen molar-refractivity contribution in [3.63, 3.8) is 0 Å². The predicted octanol–water partition coefficient (Wildman–Crippen LogP) is 1.96. The van der Waals surface area contributed by atoms with Gasteiger partial charge in [-0.05, 0) is 25.5 Å². The third kappa shape index (κ3) is 4.57. The molecule has 1 aliphatic heterocycles. The first kappa shape index (κ1) is 16.5. The van der Waals surface area contributed by atoms with Gasteiger partial charge in [-0.2, -0.15) is 13.2 Å². The minimum Gasteiger partial charge on any atom is -0.482 e. The van der Waals surface area contributed by atoms with E-state index in [4.69, 9.17) is 0 Å². The zero-order valence-corrected chi connectivity index (χ0v) is 11.6. The van der Waals surface area contributed by atoms with E-state index in [9.17, 15) is 22.4 Å². The Morgan fingerprint density at radius 3 is 2.73 bits per heavy atom. The minimum atomic E-state index is -4.56. The zero-order valence-electron chi connectivity index (χ0n) is 11.6. The number of hydrazine groups is 1. The summed E-state index contributed by atoms with van der Waals surface area (Å²) >= 11 is 0. The van der Waals surface area contributed by atoms with Crippen LogP contribution in [0.15, 0.2) is 18.2 Å². The summed E-state index contributed by atoms with van der Waals surface area (Å²) < 4.78 is 54.3. The van der Waals surface area contributed by atoms with Crippen LogP contribution in [0.4, 0.5) is 23.2 Å². The topological polar surface area (TPSA) is 62.4 Å². The molecule has 9 heteroatoms. The van der Waals surface area contributed by atoms with Gasteiger partial charge in [-0.3, -0.25) is 10.2 Å². The van der Waals surface area contributed by atoms with Gasteiger partial charge in [0.15, 0.2) is 6.61 Å². The van der Waals surface area contributed by atoms with Crippen LogP contribution in [-0.4, -0.2) is 30.8 Å². The summed E-state index contributed by atoms with van der Waals surface area (Å²) in [7, 11) is 0. The van der Waals surface area contributed by atoms with Crippen molar-refractivity contribution < 1.29 is 27.1 Å². The second-order valence-electron chi connectivity index (χ2n) is 5.01. The Morgan fingerprint density at radius 2 is 2.14 bits per heavy atom. The molecule has 2 atom stereocenters. The number of hydrogen-bond donors (Lipinski definition) is 3. The maximum atomic E-state index is 13.2. The Labute approximate surface area is 124 Å². The summed E-state index contributed by atoms with van der Waals surface area (Å²) in [5, 5.41) is 2.44. The van der Waals surface area contributed by atoms with Crippen molar-refractivity contribution in [2.24, 2.45) is 0 Å². The molecule has 2 rings (SSSR count). The number of amides is 1. The average molecular weight is 321 g/mol. The number of carbonyl (C=O) groups excluding carboxylic acids is 1. The van der Waals surface area contributed by atoms with E-state index in [1.165, 1.54) is 0 Å². The third-order valence-corrected chi connectivity index (χ3v) is 3.00. The van der Waals surface area contributed by atoms with Gasteiger partial charge in [0.1, 0.15) is 17.6 Å². The van der Waals surface area contributed by atoms with Gasteiger partial charge in [-0.15, -0.1) is 0 Å². The van der Waals surface area contributed by atoms with E-state index in [-0.39, 0.29) is 17.5 Å². The molecule has 0 saturated carbocycles. The normalized spacial score (nSPS) is 21.7. The molecule has 2 unspecified atom stereocenters. The fraction of sp³-hybridized carbons (Fsp3) is 0.462. The molecule has 0 aromatic heterocycles. The number of benzene rings is 1. The minimum absolute atomic E-state index is 0.0167. The zero-order chi connectivity index (χ0) is 16.3. The summed E-state index contributed by atoms with van der Waals surface area (Å²) in [4.78, 5) is 12.0. The predicted molar refractivity (Wildman–Crippen MR) is 70.7 cm³/mol. The van der Waals surface area contributed by atoms with E-state index in [1.54, 1.807) is 0 Å². The highest BCUT2D eigenvalue weighted by Crippen LogP contribution is 2.28. The molecule has 0 aliphatic carbocycles. The molecule has 0 spiro atoms. The summed E-state index contributed by atoms with van der Waals surface area (Å²) in [6, 6.07) is 2.54. The summed E-state index contributed by atoms with van der Waals surface area (Å²) in [5.41, 5.74) is 5.59. The van der Waals surface area contributed by atoms with E-state index in [1.807, 2.05) is 6.92 Å². The number of carbonyl (C=O) groups is 1. The number of halogens is 4. The average Bonchev–Trinajstić information content (AvgIpc) is 2.85. The van der Waals surface area contributed by atoms with Gasteiger partial charge in [-0.1, -0.05) is 0 Å². The van der Waals surface area contributed by atoms with Crippen LogP contribution in [0.1, 0.15) is 13.3 Å². The summed E-state index contributed by atoms with van der Waals surface area (Å²) in [6.07, 6.45) is -4.04. The Hall–Kier alpha value is -1.87. The van der Waals surface area contributed by atoms with Crippen LogP contribution in [0.25, 0.3) is 0 Å². The van der Waals surface area contributed by atoms with Crippen molar-refractivity contribution in [3.8, 4) is 5.75 Å². The molecular weight excluding hydrogens is 306 g/mol. The second-order valence-corrected chi connectivity index (χ2v) is 5.01. The monoisotopic (exact) mass is 321 g/mol. The van der Waals surface area contributed by atoms with Crippen LogP contribution in [-0.2, 0) is 4.79 Å². The summed E-state index contributed by atoms with van der Waals surface area (Å²) in [6.45, 7) is 0.301. The third-order valence-electron chi connectivity index (χ3n) is 3.00. The molecule has 1 amide bonds. The van der Waals surface area contributed by atoms with Gasteiger partial charge < -0.3 is 10.1 Å². The Kier molecular flexibility index (Phi) is 4.87. The fourth-order valence-electron chi connectivity index (χ4n) is 1.99. The van der Waals surface area contributed by atoms with Gasteiger partial charge in [-0.25, -0.2) is 9.82 Å². The number of rotatable bonds is 4. The smallest absolute Gasteiger partial charge is 0.422 e. The number of anilines is 1. The molecule has 1 aromatic carbocycles. The van der Waals surface area contributed by atoms with Crippen LogP contribution >= 0.6 is 0 Å². The first-order valence-corrected chi connectivity index (χ1v) is 6.55. The van der Waals surface area contributed by atoms with E-state index in [2.05, 4.69) is 20.9 Å². The first-order valence-electron chi connectivity index (χ1n) is 6.55. The highest BCUT2D eigenvalue weighted by Gasteiger charge is 2.30. The second kappa shape index (κ2) is 6.49. The Balaban J connectivity index is 2.07.